The molecule has 0 saturated heterocycles. The van der Waals surface area contributed by atoms with E-state index < -0.39 is 0 Å². The van der Waals surface area contributed by atoms with Gasteiger partial charge in [-0.2, -0.15) is 5.26 Å². The first-order valence-electron chi connectivity index (χ1n) is 12.0. The summed E-state index contributed by atoms with van der Waals surface area (Å²) < 4.78 is 14.0. The van der Waals surface area contributed by atoms with E-state index in [1.54, 1.807) is 19.4 Å². The normalized spacial score (nSPS) is 14.0. The lowest BCUT2D eigenvalue weighted by Crippen LogP contribution is -2.12. The van der Waals surface area contributed by atoms with E-state index in [2.05, 4.69) is 37.0 Å². The van der Waals surface area contributed by atoms with Crippen molar-refractivity contribution in [2.45, 2.75) is 45.6 Å². The third-order valence-corrected chi connectivity index (χ3v) is 6.63. The number of nitrogens with zero attached hydrogens (tertiary/aromatic N) is 4. The molecule has 1 aliphatic carbocycles. The molecule has 0 amide bonds. The molecule has 1 saturated carbocycles. The van der Waals surface area contributed by atoms with Gasteiger partial charge in [0.15, 0.2) is 11.5 Å². The Morgan fingerprint density at radius 3 is 2.57 bits per heavy atom. The summed E-state index contributed by atoms with van der Waals surface area (Å²) in [6.07, 6.45) is 10.4. The van der Waals surface area contributed by atoms with E-state index in [1.807, 2.05) is 41.0 Å². The lowest BCUT2D eigenvalue weighted by Gasteiger charge is -2.18. The highest BCUT2D eigenvalue weighted by Gasteiger charge is 2.20. The molecule has 0 spiro atoms. The zero-order chi connectivity index (χ0) is 24.4. The van der Waals surface area contributed by atoms with Gasteiger partial charge < -0.3 is 9.47 Å². The molecule has 6 heteroatoms. The Hall–Kier alpha value is -4.11. The number of aromatic nitrogens is 3. The second-order valence-electron chi connectivity index (χ2n) is 8.98. The standard InChI is InChI=1S/C29H28N4O2/c1-19-15-24-25(16-20(19)2)33(27-13-11-21(17-30)18-31-27)28(32-24)14-12-22-7-6-10-26(34-3)29(22)35-23-8-4-5-9-23/h6-7,10-16,18,23H,4-5,8-9H2,1-3H3/b14-12+. The van der Waals surface area contributed by atoms with Crippen LogP contribution < -0.4 is 9.47 Å². The number of aryl methyl sites for hydroxylation is 2. The van der Waals surface area contributed by atoms with Gasteiger partial charge in [-0.3, -0.25) is 4.57 Å². The molecule has 0 N–H and O–H groups in total. The number of hydrogen-bond acceptors (Lipinski definition) is 5. The Morgan fingerprint density at radius 1 is 1.06 bits per heavy atom. The molecular weight excluding hydrogens is 436 g/mol. The Labute approximate surface area is 205 Å². The van der Waals surface area contributed by atoms with Crippen molar-refractivity contribution >= 4 is 23.2 Å². The van der Waals surface area contributed by atoms with E-state index in [0.29, 0.717) is 11.4 Å². The second-order valence-corrected chi connectivity index (χ2v) is 8.98. The highest BCUT2D eigenvalue weighted by Crippen LogP contribution is 2.36. The quantitative estimate of drug-likeness (QED) is 0.330. The van der Waals surface area contributed by atoms with Crippen LogP contribution in [0.15, 0.2) is 48.7 Å². The summed E-state index contributed by atoms with van der Waals surface area (Å²) in [7, 11) is 1.67. The highest BCUT2D eigenvalue weighted by atomic mass is 16.5. The van der Waals surface area contributed by atoms with Gasteiger partial charge in [0.25, 0.3) is 0 Å². The summed E-state index contributed by atoms with van der Waals surface area (Å²) in [4.78, 5) is 9.47. The fraction of sp³-hybridized carbons (Fsp3) is 0.276. The Bertz CT molecular complexity index is 1440. The minimum atomic E-state index is 0.219. The average molecular weight is 465 g/mol. The van der Waals surface area contributed by atoms with Gasteiger partial charge >= 0.3 is 0 Å². The first-order chi connectivity index (χ1) is 17.1. The number of rotatable bonds is 6. The first-order valence-corrected chi connectivity index (χ1v) is 12.0. The van der Waals surface area contributed by atoms with Crippen LogP contribution in [-0.2, 0) is 0 Å². The molecule has 2 aromatic heterocycles. The van der Waals surface area contributed by atoms with Crippen molar-refractivity contribution in [3.63, 3.8) is 0 Å². The van der Waals surface area contributed by atoms with E-state index in [4.69, 9.17) is 14.5 Å². The van der Waals surface area contributed by atoms with Crippen molar-refractivity contribution in [2.24, 2.45) is 0 Å². The first kappa shape index (κ1) is 22.7. The molecular formula is C29H28N4O2. The van der Waals surface area contributed by atoms with Gasteiger partial charge in [0.05, 0.1) is 29.8 Å². The van der Waals surface area contributed by atoms with Crippen LogP contribution in [0.2, 0.25) is 0 Å². The van der Waals surface area contributed by atoms with E-state index in [1.165, 1.54) is 24.0 Å². The summed E-state index contributed by atoms with van der Waals surface area (Å²) in [5.41, 5.74) is 5.70. The molecule has 4 aromatic rings. The molecule has 5 rings (SSSR count). The minimum Gasteiger partial charge on any atom is -0.493 e. The molecule has 1 fully saturated rings. The topological polar surface area (TPSA) is 73.0 Å². The van der Waals surface area contributed by atoms with Crippen molar-refractivity contribution < 1.29 is 9.47 Å². The molecule has 0 radical (unpaired) electrons. The molecule has 0 unspecified atom stereocenters. The summed E-state index contributed by atoms with van der Waals surface area (Å²) in [5.74, 6) is 2.95. The van der Waals surface area contributed by atoms with Gasteiger partial charge in [0.1, 0.15) is 17.7 Å². The number of hydrogen-bond donors (Lipinski definition) is 0. The van der Waals surface area contributed by atoms with Crippen molar-refractivity contribution in [1.29, 1.82) is 5.26 Å². The molecule has 2 aromatic carbocycles. The van der Waals surface area contributed by atoms with Gasteiger partial charge in [-0.1, -0.05) is 12.1 Å². The van der Waals surface area contributed by atoms with Crippen molar-refractivity contribution in [1.82, 2.24) is 14.5 Å². The van der Waals surface area contributed by atoms with Gasteiger partial charge in [0.2, 0.25) is 0 Å². The highest BCUT2D eigenvalue weighted by molar-refractivity contribution is 5.84. The summed E-state index contributed by atoms with van der Waals surface area (Å²) >= 11 is 0. The van der Waals surface area contributed by atoms with E-state index in [-0.39, 0.29) is 6.10 Å². The minimum absolute atomic E-state index is 0.219. The lowest BCUT2D eigenvalue weighted by molar-refractivity contribution is 0.200. The van der Waals surface area contributed by atoms with Crippen LogP contribution in [0, 0.1) is 25.2 Å². The van der Waals surface area contributed by atoms with Crippen molar-refractivity contribution in [3.8, 4) is 23.4 Å². The van der Waals surface area contributed by atoms with Gasteiger partial charge in [-0.25, -0.2) is 9.97 Å². The SMILES string of the molecule is COc1cccc(/C=C/c2nc3cc(C)c(C)cc3n2-c2ccc(C#N)cn2)c1OC1CCCC1. The molecule has 0 atom stereocenters. The largest absolute Gasteiger partial charge is 0.493 e. The second kappa shape index (κ2) is 9.63. The number of benzene rings is 2. The van der Waals surface area contributed by atoms with Gasteiger partial charge in [-0.05, 0) is 93.1 Å². The number of pyridine rings is 1. The monoisotopic (exact) mass is 464 g/mol. The fourth-order valence-corrected chi connectivity index (χ4v) is 4.58. The molecule has 1 aliphatic rings. The summed E-state index contributed by atoms with van der Waals surface area (Å²) in [6.45, 7) is 4.18. The van der Waals surface area contributed by atoms with E-state index in [0.717, 1.165) is 46.8 Å². The van der Waals surface area contributed by atoms with E-state index in [9.17, 15) is 5.26 Å². The van der Waals surface area contributed by atoms with E-state index >= 15 is 0 Å². The Balaban J connectivity index is 1.61. The third kappa shape index (κ3) is 4.50. The van der Waals surface area contributed by atoms with Crippen molar-refractivity contribution in [3.05, 3.63) is 76.7 Å². The zero-order valence-corrected chi connectivity index (χ0v) is 20.3. The van der Waals surface area contributed by atoms with Crippen LogP contribution in [0.3, 0.4) is 0 Å². The predicted octanol–water partition coefficient (Wildman–Crippen LogP) is 6.41. The number of methoxy groups -OCH3 is 1. The number of imidazole rings is 1. The number of fused-ring (bicyclic) bond motifs is 1. The molecule has 176 valence electrons. The summed E-state index contributed by atoms with van der Waals surface area (Å²) in [5, 5.41) is 9.19. The summed E-state index contributed by atoms with van der Waals surface area (Å²) in [6, 6.07) is 15.9. The Kier molecular flexibility index (Phi) is 6.24. The molecule has 6 nitrogen and oxygen atoms in total. The van der Waals surface area contributed by atoms with Crippen LogP contribution in [-0.4, -0.2) is 27.7 Å². The molecule has 0 aliphatic heterocycles. The average Bonchev–Trinajstić information content (AvgIpc) is 3.51. The number of ether oxygens (including phenoxy) is 2. The van der Waals surface area contributed by atoms with Crippen LogP contribution >= 0.6 is 0 Å². The van der Waals surface area contributed by atoms with Crippen LogP contribution in [0.1, 0.15) is 53.8 Å². The van der Waals surface area contributed by atoms with Crippen molar-refractivity contribution in [2.75, 3.05) is 7.11 Å². The number of nitriles is 1. The fourth-order valence-electron chi connectivity index (χ4n) is 4.58. The van der Waals surface area contributed by atoms with Gasteiger partial charge in [-0.15, -0.1) is 0 Å². The maximum absolute atomic E-state index is 9.19. The van der Waals surface area contributed by atoms with Crippen LogP contribution in [0.4, 0.5) is 0 Å². The molecule has 0 bridgehead atoms. The number of para-hydroxylation sites is 1. The maximum atomic E-state index is 9.19. The predicted molar refractivity (Wildman–Crippen MR) is 138 cm³/mol. The zero-order valence-electron chi connectivity index (χ0n) is 20.3. The van der Waals surface area contributed by atoms with Crippen LogP contribution in [0.5, 0.6) is 11.5 Å². The maximum Gasteiger partial charge on any atom is 0.168 e. The smallest absolute Gasteiger partial charge is 0.168 e. The lowest BCUT2D eigenvalue weighted by atomic mass is 10.1. The third-order valence-electron chi connectivity index (χ3n) is 6.63. The molecule has 2 heterocycles. The van der Waals surface area contributed by atoms with Gasteiger partial charge in [0, 0.05) is 11.8 Å². The van der Waals surface area contributed by atoms with Crippen LogP contribution in [0.25, 0.3) is 29.0 Å². The Morgan fingerprint density at radius 2 is 1.86 bits per heavy atom. The molecule has 35 heavy (non-hydrogen) atoms.